The molecule has 0 radical (unpaired) electrons. The van der Waals surface area contributed by atoms with Gasteiger partial charge in [0.05, 0.1) is 5.52 Å². The molecule has 1 saturated carbocycles. The fourth-order valence-electron chi connectivity index (χ4n) is 4.82. The summed E-state index contributed by atoms with van der Waals surface area (Å²) in [5, 5.41) is 7.97. The molecule has 1 aliphatic rings. The molecule has 2 aromatic carbocycles. The number of hydrogen-bond donors (Lipinski definition) is 2. The zero-order valence-corrected chi connectivity index (χ0v) is 21.6. The molecule has 0 unspecified atom stereocenters. The SMILES string of the molecule is Cc1ccc(Oc2ncccc2C(=O)NC2CCC(Nc3cc(N(C)C)c4ccccc4n3)CC2)cc1. The molecule has 1 fully saturated rings. The lowest BCUT2D eigenvalue weighted by atomic mass is 9.91. The van der Waals surface area contributed by atoms with Crippen LogP contribution in [0.4, 0.5) is 11.5 Å². The summed E-state index contributed by atoms with van der Waals surface area (Å²) in [6.45, 7) is 2.02. The number of pyridine rings is 2. The second-order valence-electron chi connectivity index (χ2n) is 9.88. The molecule has 1 aliphatic carbocycles. The van der Waals surface area contributed by atoms with E-state index in [2.05, 4.69) is 52.8 Å². The Morgan fingerprint density at radius 1 is 0.946 bits per heavy atom. The largest absolute Gasteiger partial charge is 0.438 e. The molecule has 0 spiro atoms. The minimum atomic E-state index is -0.154. The summed E-state index contributed by atoms with van der Waals surface area (Å²) in [4.78, 5) is 24.4. The number of anilines is 2. The number of para-hydroxylation sites is 1. The van der Waals surface area contributed by atoms with Gasteiger partial charge < -0.3 is 20.3 Å². The smallest absolute Gasteiger partial charge is 0.257 e. The molecule has 1 amide bonds. The number of carbonyl (C=O) groups excluding carboxylic acids is 1. The number of aryl methyl sites for hydroxylation is 1. The van der Waals surface area contributed by atoms with E-state index in [-0.39, 0.29) is 11.9 Å². The fraction of sp³-hybridized carbons (Fsp3) is 0.300. The van der Waals surface area contributed by atoms with Crippen molar-refractivity contribution in [3.05, 3.63) is 84.1 Å². The number of ether oxygens (including phenoxy) is 1. The van der Waals surface area contributed by atoms with Crippen LogP contribution in [0.5, 0.6) is 11.6 Å². The number of nitrogens with one attached hydrogen (secondary N) is 2. The quantitative estimate of drug-likeness (QED) is 0.330. The standard InChI is InChI=1S/C30H33N5O2/c1-20-10-16-23(17-11-20)37-30-25(8-6-18-31-30)29(36)33-22-14-12-21(13-15-22)32-28-19-27(35(2)3)24-7-4-5-9-26(24)34-28/h4-11,16-19,21-22H,12-15H2,1-3H3,(H,32,34)(H,33,36). The number of aromatic nitrogens is 2. The van der Waals surface area contributed by atoms with E-state index in [1.54, 1.807) is 18.3 Å². The fourth-order valence-corrected chi connectivity index (χ4v) is 4.82. The van der Waals surface area contributed by atoms with Crippen LogP contribution in [0.2, 0.25) is 0 Å². The van der Waals surface area contributed by atoms with Crippen LogP contribution in [0.15, 0.2) is 72.9 Å². The molecule has 5 rings (SSSR count). The number of hydrogen-bond acceptors (Lipinski definition) is 6. The topological polar surface area (TPSA) is 79.4 Å². The van der Waals surface area contributed by atoms with Crippen molar-refractivity contribution in [3.8, 4) is 11.6 Å². The minimum absolute atomic E-state index is 0.111. The van der Waals surface area contributed by atoms with Crippen molar-refractivity contribution >= 4 is 28.3 Å². The maximum atomic E-state index is 13.1. The van der Waals surface area contributed by atoms with E-state index in [0.29, 0.717) is 23.2 Å². The van der Waals surface area contributed by atoms with Gasteiger partial charge in [-0.05, 0) is 62.9 Å². The molecule has 7 nitrogen and oxygen atoms in total. The third-order valence-electron chi connectivity index (χ3n) is 6.84. The number of nitrogens with zero attached hydrogens (tertiary/aromatic N) is 3. The van der Waals surface area contributed by atoms with E-state index in [0.717, 1.165) is 53.7 Å². The lowest BCUT2D eigenvalue weighted by molar-refractivity contribution is 0.0923. The molecular formula is C30H33N5O2. The minimum Gasteiger partial charge on any atom is -0.438 e. The molecule has 2 aromatic heterocycles. The average Bonchev–Trinajstić information content (AvgIpc) is 2.91. The van der Waals surface area contributed by atoms with Crippen LogP contribution in [-0.4, -0.2) is 42.1 Å². The second-order valence-corrected chi connectivity index (χ2v) is 9.88. The molecule has 0 bridgehead atoms. The number of amides is 1. The molecule has 2 heterocycles. The van der Waals surface area contributed by atoms with Crippen molar-refractivity contribution in [2.45, 2.75) is 44.7 Å². The van der Waals surface area contributed by atoms with Crippen LogP contribution >= 0.6 is 0 Å². The van der Waals surface area contributed by atoms with Crippen molar-refractivity contribution in [1.82, 2.24) is 15.3 Å². The molecule has 37 heavy (non-hydrogen) atoms. The van der Waals surface area contributed by atoms with Crippen LogP contribution in [0.1, 0.15) is 41.6 Å². The first-order chi connectivity index (χ1) is 18.0. The van der Waals surface area contributed by atoms with Gasteiger partial charge in [-0.1, -0.05) is 35.9 Å². The van der Waals surface area contributed by atoms with Crippen molar-refractivity contribution in [2.24, 2.45) is 0 Å². The zero-order chi connectivity index (χ0) is 25.8. The van der Waals surface area contributed by atoms with E-state index in [1.807, 2.05) is 43.3 Å². The molecule has 0 aliphatic heterocycles. The van der Waals surface area contributed by atoms with Crippen molar-refractivity contribution in [3.63, 3.8) is 0 Å². The Kier molecular flexibility index (Phi) is 7.21. The highest BCUT2D eigenvalue weighted by Crippen LogP contribution is 2.30. The normalized spacial score (nSPS) is 17.3. The van der Waals surface area contributed by atoms with Gasteiger partial charge in [-0.3, -0.25) is 4.79 Å². The average molecular weight is 496 g/mol. The van der Waals surface area contributed by atoms with Gasteiger partial charge in [0.2, 0.25) is 5.88 Å². The molecule has 0 atom stereocenters. The predicted octanol–water partition coefficient (Wildman–Crippen LogP) is 5.95. The molecular weight excluding hydrogens is 462 g/mol. The Balaban J connectivity index is 1.20. The summed E-state index contributed by atoms with van der Waals surface area (Å²) in [6.07, 6.45) is 5.34. The first-order valence-electron chi connectivity index (χ1n) is 12.8. The highest BCUT2D eigenvalue weighted by molar-refractivity contribution is 5.96. The maximum absolute atomic E-state index is 13.1. The second kappa shape index (κ2) is 10.9. The molecule has 4 aromatic rings. The third kappa shape index (κ3) is 5.82. The van der Waals surface area contributed by atoms with E-state index >= 15 is 0 Å². The van der Waals surface area contributed by atoms with Gasteiger partial charge in [-0.15, -0.1) is 0 Å². The Morgan fingerprint density at radius 2 is 1.68 bits per heavy atom. The Bertz CT molecular complexity index is 1380. The Labute approximate surface area is 217 Å². The van der Waals surface area contributed by atoms with Gasteiger partial charge in [0.25, 0.3) is 5.91 Å². The van der Waals surface area contributed by atoms with Crippen molar-refractivity contribution in [1.29, 1.82) is 0 Å². The highest BCUT2D eigenvalue weighted by atomic mass is 16.5. The number of carbonyl (C=O) groups is 1. The Morgan fingerprint density at radius 3 is 2.43 bits per heavy atom. The predicted molar refractivity (Wildman–Crippen MR) is 149 cm³/mol. The lowest BCUT2D eigenvalue weighted by Gasteiger charge is -2.30. The number of benzene rings is 2. The van der Waals surface area contributed by atoms with Crippen molar-refractivity contribution < 1.29 is 9.53 Å². The van der Waals surface area contributed by atoms with Gasteiger partial charge in [-0.2, -0.15) is 0 Å². The molecule has 190 valence electrons. The summed E-state index contributed by atoms with van der Waals surface area (Å²) in [5.74, 6) is 1.71. The van der Waals surface area contributed by atoms with Gasteiger partial charge >= 0.3 is 0 Å². The van der Waals surface area contributed by atoms with E-state index in [1.165, 1.54) is 0 Å². The number of fused-ring (bicyclic) bond motifs is 1. The summed E-state index contributed by atoms with van der Waals surface area (Å²) in [7, 11) is 4.11. The van der Waals surface area contributed by atoms with Gasteiger partial charge in [0.1, 0.15) is 17.1 Å². The summed E-state index contributed by atoms with van der Waals surface area (Å²) in [5.41, 5.74) is 3.72. The monoisotopic (exact) mass is 495 g/mol. The Hall–Kier alpha value is -4.13. The van der Waals surface area contributed by atoms with Gasteiger partial charge in [-0.25, -0.2) is 9.97 Å². The van der Waals surface area contributed by atoms with Crippen LogP contribution in [0.3, 0.4) is 0 Å². The van der Waals surface area contributed by atoms with Crippen LogP contribution in [-0.2, 0) is 0 Å². The zero-order valence-electron chi connectivity index (χ0n) is 21.6. The summed E-state index contributed by atoms with van der Waals surface area (Å²) in [6, 6.07) is 22.0. The molecule has 0 saturated heterocycles. The van der Waals surface area contributed by atoms with Crippen LogP contribution in [0.25, 0.3) is 10.9 Å². The summed E-state index contributed by atoms with van der Waals surface area (Å²) >= 11 is 0. The van der Waals surface area contributed by atoms with E-state index < -0.39 is 0 Å². The number of rotatable bonds is 7. The lowest BCUT2D eigenvalue weighted by Crippen LogP contribution is -2.40. The maximum Gasteiger partial charge on any atom is 0.257 e. The van der Waals surface area contributed by atoms with Crippen molar-refractivity contribution in [2.75, 3.05) is 24.3 Å². The van der Waals surface area contributed by atoms with Crippen LogP contribution < -0.4 is 20.3 Å². The first-order valence-corrected chi connectivity index (χ1v) is 12.8. The van der Waals surface area contributed by atoms with Gasteiger partial charge in [0, 0.05) is 49.5 Å². The first kappa shape index (κ1) is 24.6. The molecule has 7 heteroatoms. The summed E-state index contributed by atoms with van der Waals surface area (Å²) < 4.78 is 5.92. The third-order valence-corrected chi connectivity index (χ3v) is 6.84. The van der Waals surface area contributed by atoms with Gasteiger partial charge in [0.15, 0.2) is 0 Å². The van der Waals surface area contributed by atoms with E-state index in [4.69, 9.17) is 9.72 Å². The van der Waals surface area contributed by atoms with E-state index in [9.17, 15) is 4.79 Å². The van der Waals surface area contributed by atoms with Crippen LogP contribution in [0, 0.1) is 6.92 Å². The molecule has 2 N–H and O–H groups in total. The highest BCUT2D eigenvalue weighted by Gasteiger charge is 2.25.